The van der Waals surface area contributed by atoms with Crippen LogP contribution in [0, 0.1) is 30.1 Å². The molecule has 1 saturated heterocycles. The summed E-state index contributed by atoms with van der Waals surface area (Å²) < 4.78 is 6.05. The van der Waals surface area contributed by atoms with Crippen LogP contribution in [-0.4, -0.2) is 36.0 Å². The number of carbonyl (C=O) groups excluding carboxylic acids is 2. The first-order chi connectivity index (χ1) is 14.8. The van der Waals surface area contributed by atoms with Gasteiger partial charge in [-0.3, -0.25) is 4.79 Å². The highest BCUT2D eigenvalue weighted by Gasteiger charge is 2.33. The van der Waals surface area contributed by atoms with Gasteiger partial charge in [0.1, 0.15) is 12.1 Å². The molecule has 5 atom stereocenters. The molecule has 0 radical (unpaired) electrons. The normalized spacial score (nSPS) is 28.6. The lowest BCUT2D eigenvalue weighted by molar-refractivity contribution is -0.160. The first kappa shape index (κ1) is 25.0. The molecule has 170 valence electrons. The van der Waals surface area contributed by atoms with Crippen molar-refractivity contribution in [2.75, 3.05) is 7.05 Å². The SMILES string of the molecule is C#CCCCC1C[C@H](C)CC[C@@H](C)C[C@@H](C)C(=O)N(C)[C@@H](Cc2ccccc2)C(=O)O1. The second-order valence-corrected chi connectivity index (χ2v) is 9.47. The van der Waals surface area contributed by atoms with Gasteiger partial charge in [-0.25, -0.2) is 4.79 Å². The summed E-state index contributed by atoms with van der Waals surface area (Å²) in [6.45, 7) is 6.44. The minimum atomic E-state index is -0.626. The number of cyclic esters (lactones) is 1. The molecule has 1 fully saturated rings. The molecule has 1 aromatic carbocycles. The Kier molecular flexibility index (Phi) is 10.1. The lowest BCUT2D eigenvalue weighted by Gasteiger charge is -2.31. The fraction of sp³-hybridized carbons (Fsp3) is 0.630. The molecule has 0 aliphatic carbocycles. The first-order valence-corrected chi connectivity index (χ1v) is 11.8. The van der Waals surface area contributed by atoms with Gasteiger partial charge in [-0.1, -0.05) is 63.9 Å². The highest BCUT2D eigenvalue weighted by Crippen LogP contribution is 2.27. The minimum absolute atomic E-state index is 0.0147. The Morgan fingerprint density at radius 3 is 2.35 bits per heavy atom. The van der Waals surface area contributed by atoms with E-state index in [-0.39, 0.29) is 23.9 Å². The number of amides is 1. The fourth-order valence-corrected chi connectivity index (χ4v) is 4.57. The lowest BCUT2D eigenvalue weighted by Crippen LogP contribution is -2.47. The second kappa shape index (κ2) is 12.5. The van der Waals surface area contributed by atoms with Crippen molar-refractivity contribution in [3.05, 3.63) is 35.9 Å². The van der Waals surface area contributed by atoms with Crippen molar-refractivity contribution in [2.45, 2.75) is 84.3 Å². The summed E-state index contributed by atoms with van der Waals surface area (Å²) in [5.74, 6) is 3.20. The molecule has 31 heavy (non-hydrogen) atoms. The molecule has 1 aliphatic heterocycles. The van der Waals surface area contributed by atoms with E-state index in [0.717, 1.165) is 44.1 Å². The number of hydrogen-bond acceptors (Lipinski definition) is 3. The molecule has 4 heteroatoms. The van der Waals surface area contributed by atoms with E-state index in [4.69, 9.17) is 11.2 Å². The molecule has 0 saturated carbocycles. The van der Waals surface area contributed by atoms with Gasteiger partial charge in [-0.2, -0.15) is 0 Å². The van der Waals surface area contributed by atoms with Gasteiger partial charge in [0.25, 0.3) is 0 Å². The van der Waals surface area contributed by atoms with Gasteiger partial charge >= 0.3 is 5.97 Å². The second-order valence-electron chi connectivity index (χ2n) is 9.47. The summed E-state index contributed by atoms with van der Waals surface area (Å²) in [6.07, 6.45) is 11.9. The maximum Gasteiger partial charge on any atom is 0.329 e. The Morgan fingerprint density at radius 1 is 1.06 bits per heavy atom. The predicted octanol–water partition coefficient (Wildman–Crippen LogP) is 5.25. The number of benzene rings is 1. The van der Waals surface area contributed by atoms with Gasteiger partial charge in [0, 0.05) is 25.8 Å². The minimum Gasteiger partial charge on any atom is -0.461 e. The maximum atomic E-state index is 13.3. The summed E-state index contributed by atoms with van der Waals surface area (Å²) in [6, 6.07) is 9.22. The van der Waals surface area contributed by atoms with Crippen LogP contribution in [0.5, 0.6) is 0 Å². The largest absolute Gasteiger partial charge is 0.461 e. The van der Waals surface area contributed by atoms with Crippen molar-refractivity contribution < 1.29 is 14.3 Å². The Hall–Kier alpha value is -2.28. The predicted molar refractivity (Wildman–Crippen MR) is 125 cm³/mol. The van der Waals surface area contributed by atoms with Crippen LogP contribution in [0.3, 0.4) is 0 Å². The number of terminal acetylenes is 1. The molecule has 1 aliphatic rings. The number of esters is 1. The van der Waals surface area contributed by atoms with Crippen molar-refractivity contribution in [1.82, 2.24) is 4.90 Å². The Balaban J connectivity index is 2.29. The molecule has 1 amide bonds. The smallest absolute Gasteiger partial charge is 0.329 e. The molecular weight excluding hydrogens is 386 g/mol. The van der Waals surface area contributed by atoms with E-state index in [0.29, 0.717) is 24.7 Å². The molecular formula is C27H39NO3. The number of nitrogens with zero attached hydrogens (tertiary/aromatic N) is 1. The number of likely N-dealkylation sites (N-methyl/N-ethyl adjacent to an activating group) is 1. The van der Waals surface area contributed by atoms with E-state index in [1.807, 2.05) is 37.3 Å². The summed E-state index contributed by atoms with van der Waals surface area (Å²) >= 11 is 0. The fourth-order valence-electron chi connectivity index (χ4n) is 4.57. The van der Waals surface area contributed by atoms with Gasteiger partial charge in [0.15, 0.2) is 0 Å². The van der Waals surface area contributed by atoms with Crippen LogP contribution in [0.25, 0.3) is 0 Å². The van der Waals surface area contributed by atoms with Crippen molar-refractivity contribution >= 4 is 11.9 Å². The Bertz CT molecular complexity index is 739. The summed E-state index contributed by atoms with van der Waals surface area (Å²) in [5.41, 5.74) is 1.02. The van der Waals surface area contributed by atoms with Crippen LogP contribution in [-0.2, 0) is 20.7 Å². The third-order valence-corrected chi connectivity index (χ3v) is 6.48. The van der Waals surface area contributed by atoms with E-state index >= 15 is 0 Å². The van der Waals surface area contributed by atoms with Crippen LogP contribution in [0.15, 0.2) is 30.3 Å². The molecule has 0 N–H and O–H groups in total. The van der Waals surface area contributed by atoms with Crippen LogP contribution in [0.2, 0.25) is 0 Å². The number of unbranched alkanes of at least 4 members (excludes halogenated alkanes) is 1. The quantitative estimate of drug-likeness (QED) is 0.367. The third kappa shape index (κ3) is 8.05. The average Bonchev–Trinajstić information content (AvgIpc) is 2.75. The summed E-state index contributed by atoms with van der Waals surface area (Å²) in [5, 5.41) is 0. The molecule has 4 nitrogen and oxygen atoms in total. The molecule has 1 unspecified atom stereocenters. The summed E-state index contributed by atoms with van der Waals surface area (Å²) in [7, 11) is 1.74. The molecule has 0 spiro atoms. The zero-order valence-electron chi connectivity index (χ0n) is 19.7. The molecule has 1 aromatic rings. The van der Waals surface area contributed by atoms with Gasteiger partial charge < -0.3 is 9.64 Å². The Labute approximate surface area is 188 Å². The first-order valence-electron chi connectivity index (χ1n) is 11.8. The maximum absolute atomic E-state index is 13.3. The van der Waals surface area contributed by atoms with Crippen molar-refractivity contribution in [1.29, 1.82) is 0 Å². The van der Waals surface area contributed by atoms with Gasteiger partial charge in [0.2, 0.25) is 5.91 Å². The van der Waals surface area contributed by atoms with Gasteiger partial charge in [-0.05, 0) is 43.1 Å². The zero-order valence-corrected chi connectivity index (χ0v) is 19.7. The van der Waals surface area contributed by atoms with Crippen LogP contribution in [0.4, 0.5) is 0 Å². The van der Waals surface area contributed by atoms with Crippen molar-refractivity contribution in [3.63, 3.8) is 0 Å². The third-order valence-electron chi connectivity index (χ3n) is 6.48. The van der Waals surface area contributed by atoms with E-state index in [2.05, 4.69) is 19.8 Å². The van der Waals surface area contributed by atoms with E-state index < -0.39 is 6.04 Å². The average molecular weight is 426 g/mol. The summed E-state index contributed by atoms with van der Waals surface area (Å²) in [4.78, 5) is 28.1. The molecule has 0 bridgehead atoms. The van der Waals surface area contributed by atoms with Crippen LogP contribution < -0.4 is 0 Å². The molecule has 1 heterocycles. The van der Waals surface area contributed by atoms with E-state index in [1.54, 1.807) is 11.9 Å². The van der Waals surface area contributed by atoms with E-state index in [9.17, 15) is 9.59 Å². The van der Waals surface area contributed by atoms with Crippen LogP contribution >= 0.6 is 0 Å². The number of hydrogen-bond donors (Lipinski definition) is 0. The number of rotatable bonds is 5. The molecule has 2 rings (SSSR count). The van der Waals surface area contributed by atoms with Crippen molar-refractivity contribution in [2.24, 2.45) is 17.8 Å². The van der Waals surface area contributed by atoms with Gasteiger partial charge in [-0.15, -0.1) is 12.3 Å². The monoisotopic (exact) mass is 425 g/mol. The number of carbonyl (C=O) groups is 2. The molecule has 0 aromatic heterocycles. The van der Waals surface area contributed by atoms with E-state index in [1.165, 1.54) is 0 Å². The highest BCUT2D eigenvalue weighted by molar-refractivity contribution is 5.85. The van der Waals surface area contributed by atoms with Gasteiger partial charge in [0.05, 0.1) is 0 Å². The van der Waals surface area contributed by atoms with Crippen molar-refractivity contribution in [3.8, 4) is 12.3 Å². The highest BCUT2D eigenvalue weighted by atomic mass is 16.5. The van der Waals surface area contributed by atoms with Crippen LogP contribution in [0.1, 0.15) is 71.3 Å². The number of ether oxygens (including phenoxy) is 1. The standard InChI is InChI=1S/C27H39NO3/c1-6-7-9-14-24-18-21(3)16-15-20(2)17-22(4)26(29)28(5)25(27(30)31-24)19-23-12-10-8-11-13-23/h1,8,10-13,20-22,24-25H,7,9,14-19H2,2-5H3/t20-,21-,22-,24?,25+/m1/s1. The lowest BCUT2D eigenvalue weighted by atomic mass is 9.88. The topological polar surface area (TPSA) is 46.6 Å². The Morgan fingerprint density at radius 2 is 1.71 bits per heavy atom. The zero-order chi connectivity index (χ0) is 22.8.